The molecular formula is C23H21N3O4S. The fraction of sp³-hybridized carbons (Fsp3) is 0.130. The SMILES string of the molecule is Cc1ccc(NC(=S)NC(=O)c2ccc(OCCc3ccccc3)cc2)cc1[N+](=O)[O-]. The molecule has 0 heterocycles. The monoisotopic (exact) mass is 435 g/mol. The van der Waals surface area contributed by atoms with Crippen molar-refractivity contribution < 1.29 is 14.5 Å². The van der Waals surface area contributed by atoms with Crippen LogP contribution in [0.5, 0.6) is 5.75 Å². The molecule has 0 bridgehead atoms. The molecule has 8 heteroatoms. The van der Waals surface area contributed by atoms with Gasteiger partial charge in [-0.1, -0.05) is 36.4 Å². The van der Waals surface area contributed by atoms with Crippen molar-refractivity contribution in [1.82, 2.24) is 5.32 Å². The summed E-state index contributed by atoms with van der Waals surface area (Å²) in [5.74, 6) is 0.273. The minimum absolute atomic E-state index is 0.0259. The van der Waals surface area contributed by atoms with Crippen molar-refractivity contribution in [1.29, 1.82) is 0 Å². The minimum atomic E-state index is -0.467. The van der Waals surface area contributed by atoms with Crippen molar-refractivity contribution in [2.24, 2.45) is 0 Å². The molecule has 0 aliphatic carbocycles. The van der Waals surface area contributed by atoms with Gasteiger partial charge in [0.15, 0.2) is 5.11 Å². The van der Waals surface area contributed by atoms with Crippen LogP contribution in [0.15, 0.2) is 72.8 Å². The second-order valence-corrected chi connectivity index (χ2v) is 7.18. The number of nitrogens with zero attached hydrogens (tertiary/aromatic N) is 1. The Morgan fingerprint density at radius 2 is 1.77 bits per heavy atom. The molecule has 0 aliphatic rings. The maximum atomic E-state index is 12.4. The first-order chi connectivity index (χ1) is 14.9. The maximum Gasteiger partial charge on any atom is 0.274 e. The van der Waals surface area contributed by atoms with Gasteiger partial charge in [0.2, 0.25) is 0 Å². The van der Waals surface area contributed by atoms with E-state index >= 15 is 0 Å². The molecule has 3 aromatic rings. The van der Waals surface area contributed by atoms with E-state index in [-0.39, 0.29) is 10.8 Å². The molecule has 0 unspecified atom stereocenters. The van der Waals surface area contributed by atoms with Crippen molar-refractivity contribution in [3.05, 3.63) is 99.6 Å². The van der Waals surface area contributed by atoms with Crippen molar-refractivity contribution in [2.75, 3.05) is 11.9 Å². The second kappa shape index (κ2) is 10.3. The van der Waals surface area contributed by atoms with Crippen LogP contribution in [0.3, 0.4) is 0 Å². The third-order valence-corrected chi connectivity index (χ3v) is 4.71. The van der Waals surface area contributed by atoms with E-state index in [1.165, 1.54) is 11.6 Å². The molecule has 0 atom stereocenters. The van der Waals surface area contributed by atoms with E-state index in [2.05, 4.69) is 10.6 Å². The van der Waals surface area contributed by atoms with Gasteiger partial charge in [-0.05, 0) is 55.0 Å². The average Bonchev–Trinajstić information content (AvgIpc) is 2.76. The lowest BCUT2D eigenvalue weighted by atomic mass is 10.2. The molecular weight excluding hydrogens is 414 g/mol. The van der Waals surface area contributed by atoms with Crippen LogP contribution in [-0.2, 0) is 6.42 Å². The quantitative estimate of drug-likeness (QED) is 0.319. The first kappa shape index (κ1) is 21.9. The van der Waals surface area contributed by atoms with Gasteiger partial charge in [-0.2, -0.15) is 0 Å². The molecule has 0 saturated carbocycles. The van der Waals surface area contributed by atoms with Crippen LogP contribution < -0.4 is 15.4 Å². The molecule has 0 spiro atoms. The normalized spacial score (nSPS) is 10.2. The van der Waals surface area contributed by atoms with Crippen LogP contribution in [0.25, 0.3) is 0 Å². The number of anilines is 1. The zero-order chi connectivity index (χ0) is 22.2. The van der Waals surface area contributed by atoms with Gasteiger partial charge in [0.25, 0.3) is 11.6 Å². The molecule has 0 aliphatic heterocycles. The van der Waals surface area contributed by atoms with Crippen LogP contribution in [0, 0.1) is 17.0 Å². The molecule has 0 fully saturated rings. The van der Waals surface area contributed by atoms with Crippen LogP contribution >= 0.6 is 12.2 Å². The number of ether oxygens (including phenoxy) is 1. The molecule has 3 rings (SSSR count). The highest BCUT2D eigenvalue weighted by molar-refractivity contribution is 7.80. The standard InChI is InChI=1S/C23H21N3O4S/c1-16-7-10-19(15-21(16)26(28)29)24-23(31)25-22(27)18-8-11-20(12-9-18)30-14-13-17-5-3-2-4-6-17/h2-12,15H,13-14H2,1H3,(H2,24,25,27,31). The number of carbonyl (C=O) groups is 1. The third kappa shape index (κ3) is 6.35. The van der Waals surface area contributed by atoms with E-state index in [0.717, 1.165) is 6.42 Å². The number of hydrogen-bond acceptors (Lipinski definition) is 5. The maximum absolute atomic E-state index is 12.4. The summed E-state index contributed by atoms with van der Waals surface area (Å²) in [5, 5.41) is 16.5. The van der Waals surface area contributed by atoms with Gasteiger partial charge in [0.05, 0.1) is 11.5 Å². The van der Waals surface area contributed by atoms with E-state index in [4.69, 9.17) is 17.0 Å². The summed E-state index contributed by atoms with van der Waals surface area (Å²) >= 11 is 5.15. The number of nitro benzene ring substituents is 1. The molecule has 7 nitrogen and oxygen atoms in total. The molecule has 0 radical (unpaired) electrons. The summed E-state index contributed by atoms with van der Waals surface area (Å²) < 4.78 is 5.72. The highest BCUT2D eigenvalue weighted by Crippen LogP contribution is 2.22. The van der Waals surface area contributed by atoms with Crippen LogP contribution in [0.4, 0.5) is 11.4 Å². The van der Waals surface area contributed by atoms with E-state index in [9.17, 15) is 14.9 Å². The summed E-state index contributed by atoms with van der Waals surface area (Å²) in [6, 6.07) is 21.4. The van der Waals surface area contributed by atoms with Crippen molar-refractivity contribution in [3.63, 3.8) is 0 Å². The number of nitrogens with one attached hydrogen (secondary N) is 2. The van der Waals surface area contributed by atoms with Crippen molar-refractivity contribution in [2.45, 2.75) is 13.3 Å². The summed E-state index contributed by atoms with van der Waals surface area (Å²) in [4.78, 5) is 23.0. The number of aryl methyl sites for hydroxylation is 1. The smallest absolute Gasteiger partial charge is 0.274 e. The van der Waals surface area contributed by atoms with E-state index in [0.29, 0.717) is 29.2 Å². The van der Waals surface area contributed by atoms with E-state index in [1.807, 2.05) is 30.3 Å². The van der Waals surface area contributed by atoms with Gasteiger partial charge < -0.3 is 10.1 Å². The molecule has 1 amide bonds. The Bertz CT molecular complexity index is 1090. The highest BCUT2D eigenvalue weighted by atomic mass is 32.1. The number of hydrogen-bond donors (Lipinski definition) is 2. The molecule has 31 heavy (non-hydrogen) atoms. The molecule has 3 aromatic carbocycles. The van der Waals surface area contributed by atoms with Gasteiger partial charge in [-0.3, -0.25) is 20.2 Å². The van der Waals surface area contributed by atoms with Crippen LogP contribution in [-0.4, -0.2) is 22.5 Å². The zero-order valence-corrected chi connectivity index (χ0v) is 17.6. The zero-order valence-electron chi connectivity index (χ0n) is 16.8. The number of thiocarbonyl (C=S) groups is 1. The second-order valence-electron chi connectivity index (χ2n) is 6.78. The topological polar surface area (TPSA) is 93.5 Å². The first-order valence-corrected chi connectivity index (χ1v) is 9.97. The highest BCUT2D eigenvalue weighted by Gasteiger charge is 2.13. The summed E-state index contributed by atoms with van der Waals surface area (Å²) in [6.07, 6.45) is 0.792. The van der Waals surface area contributed by atoms with Crippen LogP contribution in [0.2, 0.25) is 0 Å². The Kier molecular flexibility index (Phi) is 7.29. The summed E-state index contributed by atoms with van der Waals surface area (Å²) in [6.45, 7) is 2.18. The summed E-state index contributed by atoms with van der Waals surface area (Å²) in [7, 11) is 0. The largest absolute Gasteiger partial charge is 0.493 e. The number of benzene rings is 3. The number of nitro groups is 1. The average molecular weight is 436 g/mol. The Morgan fingerprint density at radius 1 is 1.06 bits per heavy atom. The van der Waals surface area contributed by atoms with E-state index in [1.54, 1.807) is 43.3 Å². The van der Waals surface area contributed by atoms with Crippen LogP contribution in [0.1, 0.15) is 21.5 Å². The lowest BCUT2D eigenvalue weighted by Gasteiger charge is -2.11. The van der Waals surface area contributed by atoms with Crippen molar-refractivity contribution in [3.8, 4) is 5.75 Å². The molecule has 0 aromatic heterocycles. The summed E-state index contributed by atoms with van der Waals surface area (Å²) in [5.41, 5.74) is 2.54. The fourth-order valence-corrected chi connectivity index (χ4v) is 3.07. The van der Waals surface area contributed by atoms with Gasteiger partial charge >= 0.3 is 0 Å². The first-order valence-electron chi connectivity index (χ1n) is 9.56. The number of carbonyl (C=O) groups excluding carboxylic acids is 1. The predicted molar refractivity (Wildman–Crippen MR) is 124 cm³/mol. The third-order valence-electron chi connectivity index (χ3n) is 4.51. The number of amides is 1. The Labute approximate surface area is 185 Å². The van der Waals surface area contributed by atoms with E-state index < -0.39 is 10.8 Å². The Hall–Kier alpha value is -3.78. The predicted octanol–water partition coefficient (Wildman–Crippen LogP) is 4.65. The lowest BCUT2D eigenvalue weighted by Crippen LogP contribution is -2.34. The molecule has 158 valence electrons. The Morgan fingerprint density at radius 3 is 2.45 bits per heavy atom. The van der Waals surface area contributed by atoms with Crippen molar-refractivity contribution >= 4 is 34.6 Å². The van der Waals surface area contributed by atoms with Gasteiger partial charge in [-0.25, -0.2) is 0 Å². The lowest BCUT2D eigenvalue weighted by molar-refractivity contribution is -0.385. The molecule has 0 saturated heterocycles. The fourth-order valence-electron chi connectivity index (χ4n) is 2.86. The molecule has 2 N–H and O–H groups in total. The van der Waals surface area contributed by atoms with Gasteiger partial charge in [-0.15, -0.1) is 0 Å². The van der Waals surface area contributed by atoms with Gasteiger partial charge in [0.1, 0.15) is 5.75 Å². The minimum Gasteiger partial charge on any atom is -0.493 e. The number of rotatable bonds is 7. The Balaban J connectivity index is 1.51. The van der Waals surface area contributed by atoms with Gasteiger partial charge in [0, 0.05) is 29.3 Å².